The van der Waals surface area contributed by atoms with Crippen molar-refractivity contribution in [3.8, 4) is 0 Å². The number of hydrogen-bond donors (Lipinski definition) is 1. The number of nitrogens with one attached hydrogen (secondary N) is 1. The highest BCUT2D eigenvalue weighted by Crippen LogP contribution is 2.29. The molecule has 1 amide bonds. The van der Waals surface area contributed by atoms with Crippen molar-refractivity contribution in [3.63, 3.8) is 0 Å². The Morgan fingerprint density at radius 1 is 1.29 bits per heavy atom. The standard InChI is InChI=1S/C16H14F4N2O2/c1-9-5-14(16(18,19)20)21-7-13(9)22-15(23)10-3-4-11(8-24-2)12(17)6-10/h3-7H,8H2,1-2H3,(H,22,23). The number of benzene rings is 1. The van der Waals surface area contributed by atoms with E-state index in [-0.39, 0.29) is 23.4 Å². The number of hydrogen-bond acceptors (Lipinski definition) is 3. The number of ether oxygens (including phenoxy) is 1. The molecule has 0 aliphatic carbocycles. The summed E-state index contributed by atoms with van der Waals surface area (Å²) in [6.45, 7) is 1.48. The van der Waals surface area contributed by atoms with Gasteiger partial charge in [-0.3, -0.25) is 4.79 Å². The van der Waals surface area contributed by atoms with Crippen molar-refractivity contribution in [2.45, 2.75) is 19.7 Å². The maximum Gasteiger partial charge on any atom is 0.433 e. The molecule has 24 heavy (non-hydrogen) atoms. The number of rotatable bonds is 4. The predicted octanol–water partition coefficient (Wildman–Crippen LogP) is 3.95. The smallest absolute Gasteiger partial charge is 0.380 e. The van der Waals surface area contributed by atoms with Crippen molar-refractivity contribution in [1.29, 1.82) is 0 Å². The van der Waals surface area contributed by atoms with E-state index in [4.69, 9.17) is 4.74 Å². The Kier molecular flexibility index (Phi) is 5.18. The van der Waals surface area contributed by atoms with Crippen LogP contribution < -0.4 is 5.32 Å². The number of carbonyl (C=O) groups excluding carboxylic acids is 1. The molecule has 4 nitrogen and oxygen atoms in total. The molecule has 0 aliphatic rings. The van der Waals surface area contributed by atoms with E-state index in [1.807, 2.05) is 0 Å². The topological polar surface area (TPSA) is 51.2 Å². The third-order valence-electron chi connectivity index (χ3n) is 3.26. The summed E-state index contributed by atoms with van der Waals surface area (Å²) in [6.07, 6.45) is -3.64. The van der Waals surface area contributed by atoms with E-state index >= 15 is 0 Å². The van der Waals surface area contributed by atoms with E-state index in [1.54, 1.807) is 0 Å². The lowest BCUT2D eigenvalue weighted by Gasteiger charge is -2.11. The van der Waals surface area contributed by atoms with Crippen LogP contribution in [0.25, 0.3) is 0 Å². The van der Waals surface area contributed by atoms with E-state index < -0.39 is 23.6 Å². The second-order valence-electron chi connectivity index (χ2n) is 5.08. The van der Waals surface area contributed by atoms with Crippen LogP contribution in [0.1, 0.15) is 27.2 Å². The van der Waals surface area contributed by atoms with Crippen LogP contribution in [0, 0.1) is 12.7 Å². The van der Waals surface area contributed by atoms with Crippen molar-refractivity contribution >= 4 is 11.6 Å². The third kappa shape index (κ3) is 4.08. The van der Waals surface area contributed by atoms with E-state index in [9.17, 15) is 22.4 Å². The molecule has 0 radical (unpaired) electrons. The minimum atomic E-state index is -4.56. The van der Waals surface area contributed by atoms with Gasteiger partial charge in [0.05, 0.1) is 18.5 Å². The molecule has 1 N–H and O–H groups in total. The largest absolute Gasteiger partial charge is 0.433 e. The molecule has 0 bridgehead atoms. The molecule has 0 unspecified atom stereocenters. The fourth-order valence-corrected chi connectivity index (χ4v) is 2.00. The summed E-state index contributed by atoms with van der Waals surface area (Å²) in [4.78, 5) is 15.4. The van der Waals surface area contributed by atoms with E-state index in [0.717, 1.165) is 18.3 Å². The number of anilines is 1. The fraction of sp³-hybridized carbons (Fsp3) is 0.250. The van der Waals surface area contributed by atoms with E-state index in [0.29, 0.717) is 5.56 Å². The molecule has 8 heteroatoms. The fourth-order valence-electron chi connectivity index (χ4n) is 2.00. The molecule has 1 heterocycles. The summed E-state index contributed by atoms with van der Waals surface area (Å²) in [7, 11) is 1.42. The first-order valence-electron chi connectivity index (χ1n) is 6.85. The first-order chi connectivity index (χ1) is 11.2. The minimum Gasteiger partial charge on any atom is -0.380 e. The van der Waals surface area contributed by atoms with Crippen molar-refractivity contribution in [3.05, 3.63) is 58.7 Å². The monoisotopic (exact) mass is 342 g/mol. The minimum absolute atomic E-state index is 0.0339. The van der Waals surface area contributed by atoms with E-state index in [1.165, 1.54) is 26.2 Å². The molecular formula is C16H14F4N2O2. The van der Waals surface area contributed by atoms with Crippen molar-refractivity contribution < 1.29 is 27.1 Å². The highest BCUT2D eigenvalue weighted by molar-refractivity contribution is 6.04. The molecule has 0 saturated heterocycles. The average Bonchev–Trinajstić information content (AvgIpc) is 2.50. The zero-order valence-electron chi connectivity index (χ0n) is 12.9. The highest BCUT2D eigenvalue weighted by Gasteiger charge is 2.32. The second-order valence-corrected chi connectivity index (χ2v) is 5.08. The number of nitrogens with zero attached hydrogens (tertiary/aromatic N) is 1. The average molecular weight is 342 g/mol. The highest BCUT2D eigenvalue weighted by atomic mass is 19.4. The van der Waals surface area contributed by atoms with Crippen LogP contribution in [-0.4, -0.2) is 18.0 Å². The lowest BCUT2D eigenvalue weighted by atomic mass is 10.1. The Morgan fingerprint density at radius 2 is 2.00 bits per heavy atom. The van der Waals surface area contributed by atoms with Gasteiger partial charge in [-0.1, -0.05) is 6.07 Å². The van der Waals surface area contributed by atoms with Crippen LogP contribution in [0.2, 0.25) is 0 Å². The quantitative estimate of drug-likeness (QED) is 0.856. The maximum absolute atomic E-state index is 13.8. The lowest BCUT2D eigenvalue weighted by Crippen LogP contribution is -2.15. The van der Waals surface area contributed by atoms with Crippen LogP contribution in [-0.2, 0) is 17.5 Å². The number of aryl methyl sites for hydroxylation is 1. The molecule has 2 aromatic rings. The summed E-state index contributed by atoms with van der Waals surface area (Å²) >= 11 is 0. The molecule has 0 fully saturated rings. The summed E-state index contributed by atoms with van der Waals surface area (Å²) in [5, 5.41) is 2.42. The summed E-state index contributed by atoms with van der Waals surface area (Å²) in [6, 6.07) is 4.68. The van der Waals surface area contributed by atoms with Crippen LogP contribution in [0.5, 0.6) is 0 Å². The van der Waals surface area contributed by atoms with E-state index in [2.05, 4.69) is 10.3 Å². The van der Waals surface area contributed by atoms with Gasteiger partial charge in [0.15, 0.2) is 0 Å². The van der Waals surface area contributed by atoms with Gasteiger partial charge >= 0.3 is 6.18 Å². The molecule has 0 aliphatic heterocycles. The second kappa shape index (κ2) is 6.96. The summed E-state index contributed by atoms with van der Waals surface area (Å²) < 4.78 is 56.3. The SMILES string of the molecule is COCc1ccc(C(=O)Nc2cnc(C(F)(F)F)cc2C)cc1F. The molecular weight excluding hydrogens is 328 g/mol. The number of pyridine rings is 1. The van der Waals surface area contributed by atoms with Gasteiger partial charge in [0.25, 0.3) is 5.91 Å². The molecule has 0 saturated carbocycles. The number of carbonyl (C=O) groups is 1. The van der Waals surface area contributed by atoms with Gasteiger partial charge in [-0.05, 0) is 30.7 Å². The van der Waals surface area contributed by atoms with Crippen LogP contribution >= 0.6 is 0 Å². The molecule has 1 aromatic carbocycles. The first-order valence-corrected chi connectivity index (χ1v) is 6.85. The predicted molar refractivity (Wildman–Crippen MR) is 79.0 cm³/mol. The molecule has 0 atom stereocenters. The number of amides is 1. The van der Waals surface area contributed by atoms with Gasteiger partial charge in [-0.2, -0.15) is 13.2 Å². The number of methoxy groups -OCH3 is 1. The zero-order chi connectivity index (χ0) is 17.9. The van der Waals surface area contributed by atoms with Crippen molar-refractivity contribution in [1.82, 2.24) is 4.98 Å². The van der Waals surface area contributed by atoms with Crippen LogP contribution in [0.3, 0.4) is 0 Å². The van der Waals surface area contributed by atoms with Gasteiger partial charge in [-0.15, -0.1) is 0 Å². The first kappa shape index (κ1) is 17.9. The Morgan fingerprint density at radius 3 is 2.54 bits per heavy atom. The molecule has 0 spiro atoms. The van der Waals surface area contributed by atoms with Crippen LogP contribution in [0.15, 0.2) is 30.5 Å². The van der Waals surface area contributed by atoms with Crippen LogP contribution in [0.4, 0.5) is 23.2 Å². The Bertz CT molecular complexity index is 760. The van der Waals surface area contributed by atoms with Gasteiger partial charge in [0.2, 0.25) is 0 Å². The number of aromatic nitrogens is 1. The zero-order valence-corrected chi connectivity index (χ0v) is 12.9. The summed E-state index contributed by atoms with van der Waals surface area (Å²) in [5.74, 6) is -1.26. The number of alkyl halides is 3. The van der Waals surface area contributed by atoms with Gasteiger partial charge < -0.3 is 10.1 Å². The summed E-state index contributed by atoms with van der Waals surface area (Å²) in [5.41, 5.74) is -0.405. The van der Waals surface area contributed by atoms with Gasteiger partial charge in [-0.25, -0.2) is 9.37 Å². The van der Waals surface area contributed by atoms with Gasteiger partial charge in [0.1, 0.15) is 11.5 Å². The maximum atomic E-state index is 13.8. The molecule has 2 rings (SSSR count). The van der Waals surface area contributed by atoms with Gasteiger partial charge in [0, 0.05) is 18.2 Å². The number of halogens is 4. The van der Waals surface area contributed by atoms with Crippen molar-refractivity contribution in [2.75, 3.05) is 12.4 Å². The normalized spacial score (nSPS) is 11.4. The molecule has 1 aromatic heterocycles. The van der Waals surface area contributed by atoms with Crippen molar-refractivity contribution in [2.24, 2.45) is 0 Å². The Labute approximate surface area is 135 Å². The Hall–Kier alpha value is -2.48. The third-order valence-corrected chi connectivity index (χ3v) is 3.26. The molecule has 128 valence electrons. The lowest BCUT2D eigenvalue weighted by molar-refractivity contribution is -0.141. The Balaban J connectivity index is 2.19.